The van der Waals surface area contributed by atoms with Crippen LogP contribution >= 0.6 is 11.6 Å². The Morgan fingerprint density at radius 1 is 1.06 bits per heavy atom. The van der Waals surface area contributed by atoms with E-state index in [4.69, 9.17) is 16.6 Å². The first kappa shape index (κ1) is 21.6. The fourth-order valence-electron chi connectivity index (χ4n) is 4.67. The highest BCUT2D eigenvalue weighted by molar-refractivity contribution is 6.30. The lowest BCUT2D eigenvalue weighted by atomic mass is 10.1. The predicted octanol–water partition coefficient (Wildman–Crippen LogP) is 4.90. The molecule has 0 bridgehead atoms. The van der Waals surface area contributed by atoms with Crippen LogP contribution < -0.4 is 0 Å². The fraction of sp³-hybridized carbons (Fsp3) is 0.308. The quantitative estimate of drug-likeness (QED) is 0.543. The first-order chi connectivity index (χ1) is 16.1. The van der Waals surface area contributed by atoms with Crippen LogP contribution in [0.2, 0.25) is 5.02 Å². The van der Waals surface area contributed by atoms with Crippen LogP contribution in [0.4, 0.5) is 0 Å². The van der Waals surface area contributed by atoms with Gasteiger partial charge in [-0.05, 0) is 67.3 Å². The standard InChI is InChI=1S/C26H25ClN4O2/c27-21-10-8-19(9-11-21)25-28-13-12-22(29-25)23-6-2-15-31(23)26(33)20-5-1-4-18(16-20)17-30-14-3-7-24(30)32/h1,4-5,8-13,16,23H,2-3,6-7,14-15,17H2. The van der Waals surface area contributed by atoms with Crippen LogP contribution in [0.15, 0.2) is 60.8 Å². The molecule has 2 aromatic carbocycles. The number of carbonyl (C=O) groups is 2. The second-order valence-corrected chi connectivity index (χ2v) is 9.02. The van der Waals surface area contributed by atoms with Crippen molar-refractivity contribution in [2.24, 2.45) is 0 Å². The second-order valence-electron chi connectivity index (χ2n) is 8.59. The van der Waals surface area contributed by atoms with Gasteiger partial charge in [0, 0.05) is 48.4 Å². The third-order valence-electron chi connectivity index (χ3n) is 6.35. The Balaban J connectivity index is 1.36. The summed E-state index contributed by atoms with van der Waals surface area (Å²) in [5, 5.41) is 0.666. The Bertz CT molecular complexity index is 1180. The minimum Gasteiger partial charge on any atom is -0.338 e. The normalized spacial score (nSPS) is 18.2. The zero-order valence-electron chi connectivity index (χ0n) is 18.3. The Labute approximate surface area is 198 Å². The molecule has 1 atom stereocenters. The van der Waals surface area contributed by atoms with Gasteiger partial charge in [-0.2, -0.15) is 0 Å². The zero-order valence-corrected chi connectivity index (χ0v) is 19.0. The number of aromatic nitrogens is 2. The van der Waals surface area contributed by atoms with Gasteiger partial charge in [-0.25, -0.2) is 9.97 Å². The van der Waals surface area contributed by atoms with E-state index in [0.29, 0.717) is 35.9 Å². The Morgan fingerprint density at radius 2 is 1.91 bits per heavy atom. The molecule has 33 heavy (non-hydrogen) atoms. The average Bonchev–Trinajstić information content (AvgIpc) is 3.49. The van der Waals surface area contributed by atoms with Gasteiger partial charge in [0.2, 0.25) is 5.91 Å². The Hall–Kier alpha value is -3.25. The number of amides is 2. The molecular formula is C26H25ClN4O2. The third kappa shape index (κ3) is 4.62. The number of rotatable bonds is 5. The molecular weight excluding hydrogens is 436 g/mol. The van der Waals surface area contributed by atoms with Gasteiger partial charge in [0.05, 0.1) is 11.7 Å². The monoisotopic (exact) mass is 460 g/mol. The Morgan fingerprint density at radius 3 is 2.70 bits per heavy atom. The molecule has 168 valence electrons. The maximum absolute atomic E-state index is 13.5. The molecule has 5 rings (SSSR count). The van der Waals surface area contributed by atoms with Crippen molar-refractivity contribution in [3.8, 4) is 11.4 Å². The van der Waals surface area contributed by atoms with Crippen molar-refractivity contribution in [1.29, 1.82) is 0 Å². The van der Waals surface area contributed by atoms with Gasteiger partial charge in [0.15, 0.2) is 5.82 Å². The molecule has 0 radical (unpaired) electrons. The highest BCUT2D eigenvalue weighted by atomic mass is 35.5. The highest BCUT2D eigenvalue weighted by Crippen LogP contribution is 2.33. The maximum Gasteiger partial charge on any atom is 0.254 e. The van der Waals surface area contributed by atoms with Gasteiger partial charge < -0.3 is 9.80 Å². The number of hydrogen-bond acceptors (Lipinski definition) is 4. The molecule has 1 unspecified atom stereocenters. The van der Waals surface area contributed by atoms with E-state index >= 15 is 0 Å². The van der Waals surface area contributed by atoms with Crippen LogP contribution in [-0.2, 0) is 11.3 Å². The lowest BCUT2D eigenvalue weighted by Crippen LogP contribution is -2.31. The smallest absolute Gasteiger partial charge is 0.254 e. The van der Waals surface area contributed by atoms with Gasteiger partial charge >= 0.3 is 0 Å². The van der Waals surface area contributed by atoms with Gasteiger partial charge in [0.25, 0.3) is 5.91 Å². The molecule has 3 aromatic rings. The van der Waals surface area contributed by atoms with E-state index in [1.165, 1.54) is 0 Å². The van der Waals surface area contributed by atoms with E-state index in [1.54, 1.807) is 6.20 Å². The molecule has 0 saturated carbocycles. The number of halogens is 1. The first-order valence-electron chi connectivity index (χ1n) is 11.3. The molecule has 2 aliphatic rings. The summed E-state index contributed by atoms with van der Waals surface area (Å²) in [6, 6.07) is 16.9. The topological polar surface area (TPSA) is 66.4 Å². The number of nitrogens with zero attached hydrogens (tertiary/aromatic N) is 4. The summed E-state index contributed by atoms with van der Waals surface area (Å²) in [7, 11) is 0. The van der Waals surface area contributed by atoms with Crippen molar-refractivity contribution >= 4 is 23.4 Å². The van der Waals surface area contributed by atoms with Gasteiger partial charge in [-0.3, -0.25) is 9.59 Å². The molecule has 6 nitrogen and oxygen atoms in total. The van der Waals surface area contributed by atoms with E-state index < -0.39 is 0 Å². The fourth-order valence-corrected chi connectivity index (χ4v) is 4.80. The minimum atomic E-state index is -0.0876. The summed E-state index contributed by atoms with van der Waals surface area (Å²) in [5.74, 6) is 0.811. The summed E-state index contributed by atoms with van der Waals surface area (Å²) in [6.45, 7) is 2.03. The van der Waals surface area contributed by atoms with Crippen molar-refractivity contribution < 1.29 is 9.59 Å². The summed E-state index contributed by atoms with van der Waals surface area (Å²) >= 11 is 6.01. The van der Waals surface area contributed by atoms with E-state index in [2.05, 4.69) is 4.98 Å². The lowest BCUT2D eigenvalue weighted by molar-refractivity contribution is -0.128. The van der Waals surface area contributed by atoms with Gasteiger partial charge in [-0.1, -0.05) is 23.7 Å². The molecule has 2 fully saturated rings. The number of benzene rings is 2. The maximum atomic E-state index is 13.5. The third-order valence-corrected chi connectivity index (χ3v) is 6.61. The van der Waals surface area contributed by atoms with Crippen molar-refractivity contribution in [3.63, 3.8) is 0 Å². The molecule has 0 spiro atoms. The molecule has 2 amide bonds. The summed E-state index contributed by atoms with van der Waals surface area (Å²) in [6.07, 6.45) is 5.07. The molecule has 2 saturated heterocycles. The van der Waals surface area contributed by atoms with E-state index in [9.17, 15) is 9.59 Å². The highest BCUT2D eigenvalue weighted by Gasteiger charge is 2.32. The van der Waals surface area contributed by atoms with Crippen LogP contribution in [0.1, 0.15) is 53.3 Å². The van der Waals surface area contributed by atoms with Crippen molar-refractivity contribution in [2.45, 2.75) is 38.3 Å². The Kier molecular flexibility index (Phi) is 6.09. The molecule has 1 aromatic heterocycles. The van der Waals surface area contributed by atoms with Crippen LogP contribution in [-0.4, -0.2) is 44.7 Å². The molecule has 7 heteroatoms. The van der Waals surface area contributed by atoms with Crippen molar-refractivity contribution in [3.05, 3.63) is 82.6 Å². The van der Waals surface area contributed by atoms with Crippen molar-refractivity contribution in [2.75, 3.05) is 13.1 Å². The van der Waals surface area contributed by atoms with Gasteiger partial charge in [-0.15, -0.1) is 0 Å². The summed E-state index contributed by atoms with van der Waals surface area (Å²) in [5.41, 5.74) is 3.37. The summed E-state index contributed by atoms with van der Waals surface area (Å²) in [4.78, 5) is 38.4. The van der Waals surface area contributed by atoms with Crippen LogP contribution in [0.3, 0.4) is 0 Å². The number of hydrogen-bond donors (Lipinski definition) is 0. The average molecular weight is 461 g/mol. The zero-order chi connectivity index (χ0) is 22.8. The van der Waals surface area contributed by atoms with E-state index in [1.807, 2.05) is 64.4 Å². The van der Waals surface area contributed by atoms with Crippen molar-refractivity contribution in [1.82, 2.24) is 19.8 Å². The van der Waals surface area contributed by atoms with Crippen LogP contribution in [0, 0.1) is 0 Å². The molecule has 0 aliphatic carbocycles. The molecule has 3 heterocycles. The summed E-state index contributed by atoms with van der Waals surface area (Å²) < 4.78 is 0. The van der Waals surface area contributed by atoms with E-state index in [0.717, 1.165) is 42.6 Å². The lowest BCUT2D eigenvalue weighted by Gasteiger charge is -2.25. The van der Waals surface area contributed by atoms with Crippen LogP contribution in [0.5, 0.6) is 0 Å². The van der Waals surface area contributed by atoms with E-state index in [-0.39, 0.29) is 17.9 Å². The SMILES string of the molecule is O=C1CCCN1Cc1cccc(C(=O)N2CCCC2c2ccnc(-c3ccc(Cl)cc3)n2)c1. The first-order valence-corrected chi connectivity index (χ1v) is 11.7. The predicted molar refractivity (Wildman–Crippen MR) is 127 cm³/mol. The second kappa shape index (κ2) is 9.32. The number of likely N-dealkylation sites (tertiary alicyclic amines) is 2. The molecule has 2 aliphatic heterocycles. The molecule has 0 N–H and O–H groups in total. The number of carbonyl (C=O) groups excluding carboxylic acids is 2. The minimum absolute atomic E-state index is 0.00115. The largest absolute Gasteiger partial charge is 0.338 e. The van der Waals surface area contributed by atoms with Crippen LogP contribution in [0.25, 0.3) is 11.4 Å². The van der Waals surface area contributed by atoms with Gasteiger partial charge in [0.1, 0.15) is 0 Å².